The number of nitrogens with zero attached hydrogens (tertiary/aromatic N) is 2. The molecule has 7 heteroatoms. The van der Waals surface area contributed by atoms with Crippen LogP contribution in [0, 0.1) is 0 Å². The summed E-state index contributed by atoms with van der Waals surface area (Å²) in [6.45, 7) is 4.43. The highest BCUT2D eigenvalue weighted by Gasteiger charge is 2.43. The van der Waals surface area contributed by atoms with Gasteiger partial charge in [-0.25, -0.2) is 4.79 Å². The van der Waals surface area contributed by atoms with E-state index < -0.39 is 17.5 Å². The molecule has 2 N–H and O–H groups in total. The maximum atomic E-state index is 11.8. The molecule has 0 atom stereocenters. The van der Waals surface area contributed by atoms with Crippen LogP contribution in [0.4, 0.5) is 4.79 Å². The van der Waals surface area contributed by atoms with Crippen LogP contribution >= 0.6 is 0 Å². The van der Waals surface area contributed by atoms with E-state index in [1.807, 2.05) is 0 Å². The molecule has 0 aliphatic carbocycles. The summed E-state index contributed by atoms with van der Waals surface area (Å²) in [5, 5.41) is 11.1. The number of carbonyl (C=O) groups is 3. The number of carboxylic acids is 1. The number of hydrogen-bond donors (Lipinski definition) is 2. The van der Waals surface area contributed by atoms with Gasteiger partial charge in [0.15, 0.2) is 0 Å². The van der Waals surface area contributed by atoms with Gasteiger partial charge in [-0.2, -0.15) is 0 Å². The number of imide groups is 1. The van der Waals surface area contributed by atoms with Crippen LogP contribution in [0.15, 0.2) is 0 Å². The van der Waals surface area contributed by atoms with Gasteiger partial charge in [0.1, 0.15) is 5.54 Å². The molecule has 1 aliphatic rings. The van der Waals surface area contributed by atoms with Crippen molar-refractivity contribution < 1.29 is 19.5 Å². The molecule has 18 heavy (non-hydrogen) atoms. The molecule has 0 radical (unpaired) electrons. The van der Waals surface area contributed by atoms with E-state index in [4.69, 9.17) is 5.11 Å². The van der Waals surface area contributed by atoms with Crippen molar-refractivity contribution in [3.05, 3.63) is 0 Å². The maximum Gasteiger partial charge on any atom is 0.325 e. The fourth-order valence-electron chi connectivity index (χ4n) is 1.69. The molecular weight excluding hydrogens is 238 g/mol. The smallest absolute Gasteiger partial charge is 0.325 e. The third-order valence-corrected chi connectivity index (χ3v) is 2.86. The molecule has 1 saturated heterocycles. The molecule has 0 aromatic rings. The summed E-state index contributed by atoms with van der Waals surface area (Å²) in [6, 6.07) is -0.392. The van der Waals surface area contributed by atoms with Gasteiger partial charge in [-0.1, -0.05) is 0 Å². The van der Waals surface area contributed by atoms with Crippen LogP contribution in [0.2, 0.25) is 0 Å². The Labute approximate surface area is 106 Å². The minimum absolute atomic E-state index is 0.0438. The van der Waals surface area contributed by atoms with Crippen LogP contribution < -0.4 is 5.32 Å². The van der Waals surface area contributed by atoms with Gasteiger partial charge in [-0.3, -0.25) is 14.5 Å². The predicted molar refractivity (Wildman–Crippen MR) is 64.1 cm³/mol. The van der Waals surface area contributed by atoms with Crippen molar-refractivity contribution in [1.29, 1.82) is 0 Å². The SMILES string of the molecule is CN(CCC(=O)O)CCN1C(=O)NC(C)(C)C1=O. The van der Waals surface area contributed by atoms with Gasteiger partial charge in [-0.05, 0) is 20.9 Å². The van der Waals surface area contributed by atoms with Gasteiger partial charge >= 0.3 is 12.0 Å². The van der Waals surface area contributed by atoms with Crippen molar-refractivity contribution in [1.82, 2.24) is 15.1 Å². The Morgan fingerprint density at radius 3 is 2.44 bits per heavy atom. The Hall–Kier alpha value is -1.63. The van der Waals surface area contributed by atoms with Crippen LogP contribution in [-0.2, 0) is 9.59 Å². The molecule has 0 spiro atoms. The zero-order valence-electron chi connectivity index (χ0n) is 10.9. The molecule has 0 bridgehead atoms. The summed E-state index contributed by atoms with van der Waals surface area (Å²) in [5.74, 6) is -1.11. The van der Waals surface area contributed by atoms with Crippen LogP contribution in [0.25, 0.3) is 0 Å². The van der Waals surface area contributed by atoms with Crippen LogP contribution in [0.1, 0.15) is 20.3 Å². The molecule has 1 rings (SSSR count). The van der Waals surface area contributed by atoms with Crippen molar-refractivity contribution in [2.45, 2.75) is 25.8 Å². The Bertz CT molecular complexity index is 367. The van der Waals surface area contributed by atoms with Gasteiger partial charge in [0.05, 0.1) is 6.42 Å². The van der Waals surface area contributed by atoms with E-state index in [2.05, 4.69) is 5.32 Å². The number of amides is 3. The van der Waals surface area contributed by atoms with Crippen molar-refractivity contribution in [3.63, 3.8) is 0 Å². The predicted octanol–water partition coefficient (Wildman–Crippen LogP) is -0.277. The van der Waals surface area contributed by atoms with E-state index in [1.165, 1.54) is 0 Å². The fourth-order valence-corrected chi connectivity index (χ4v) is 1.69. The molecule has 7 nitrogen and oxygen atoms in total. The molecule has 3 amide bonds. The van der Waals surface area contributed by atoms with Crippen LogP contribution in [0.3, 0.4) is 0 Å². The second-order valence-electron chi connectivity index (χ2n) is 4.96. The van der Waals surface area contributed by atoms with E-state index in [9.17, 15) is 14.4 Å². The molecule has 1 aliphatic heterocycles. The largest absolute Gasteiger partial charge is 0.481 e. The molecule has 1 fully saturated rings. The number of likely N-dealkylation sites (N-methyl/N-ethyl adjacent to an activating group) is 1. The van der Waals surface area contributed by atoms with Gasteiger partial charge < -0.3 is 15.3 Å². The number of hydrogen-bond acceptors (Lipinski definition) is 4. The number of urea groups is 1. The first-order valence-electron chi connectivity index (χ1n) is 5.78. The molecule has 0 aromatic heterocycles. The number of carboxylic acid groups (broad SMARTS) is 1. The van der Waals surface area contributed by atoms with Crippen molar-refractivity contribution >= 4 is 17.9 Å². The first-order chi connectivity index (χ1) is 8.24. The summed E-state index contributed by atoms with van der Waals surface area (Å²) in [5.41, 5.74) is -0.850. The lowest BCUT2D eigenvalue weighted by Crippen LogP contribution is -2.41. The Balaban J connectivity index is 2.42. The molecule has 0 aromatic carbocycles. The Morgan fingerprint density at radius 1 is 1.39 bits per heavy atom. The summed E-state index contributed by atoms with van der Waals surface area (Å²) in [7, 11) is 1.76. The third-order valence-electron chi connectivity index (χ3n) is 2.86. The summed E-state index contributed by atoms with van der Waals surface area (Å²) in [6.07, 6.45) is 0.0438. The summed E-state index contributed by atoms with van der Waals surface area (Å²) >= 11 is 0. The quantitative estimate of drug-likeness (QED) is 0.639. The summed E-state index contributed by atoms with van der Waals surface area (Å²) < 4.78 is 0. The van der Waals surface area contributed by atoms with Crippen molar-refractivity contribution in [2.75, 3.05) is 26.7 Å². The number of carbonyl (C=O) groups excluding carboxylic acids is 2. The highest BCUT2D eigenvalue weighted by molar-refractivity contribution is 6.06. The minimum Gasteiger partial charge on any atom is -0.481 e. The second kappa shape index (κ2) is 5.34. The topological polar surface area (TPSA) is 90.0 Å². The first-order valence-corrected chi connectivity index (χ1v) is 5.78. The molecule has 1 heterocycles. The lowest BCUT2D eigenvalue weighted by molar-refractivity contribution is -0.137. The lowest BCUT2D eigenvalue weighted by atomic mass is 10.1. The molecule has 0 saturated carbocycles. The van der Waals surface area contributed by atoms with E-state index in [-0.39, 0.29) is 18.9 Å². The minimum atomic E-state index is -0.863. The average Bonchev–Trinajstić information content (AvgIpc) is 2.43. The van der Waals surface area contributed by atoms with E-state index in [0.29, 0.717) is 13.1 Å². The number of nitrogens with one attached hydrogen (secondary N) is 1. The van der Waals surface area contributed by atoms with Gasteiger partial charge in [-0.15, -0.1) is 0 Å². The van der Waals surface area contributed by atoms with Gasteiger partial charge in [0.2, 0.25) is 0 Å². The highest BCUT2D eigenvalue weighted by Crippen LogP contribution is 2.15. The molecule has 102 valence electrons. The Morgan fingerprint density at radius 2 is 2.00 bits per heavy atom. The standard InChI is InChI=1S/C11H19N3O4/c1-11(2)9(17)14(10(18)12-11)7-6-13(3)5-4-8(15)16/h4-7H2,1-3H3,(H,12,18)(H,15,16). The maximum absolute atomic E-state index is 11.8. The molecule has 0 unspecified atom stereocenters. The normalized spacial score (nSPS) is 18.3. The van der Waals surface area contributed by atoms with E-state index in [1.54, 1.807) is 25.8 Å². The zero-order chi connectivity index (χ0) is 13.9. The number of aliphatic carboxylic acids is 1. The van der Waals surface area contributed by atoms with Gasteiger partial charge in [0, 0.05) is 19.6 Å². The monoisotopic (exact) mass is 257 g/mol. The average molecular weight is 257 g/mol. The van der Waals surface area contributed by atoms with Crippen LogP contribution in [-0.4, -0.2) is 65.0 Å². The van der Waals surface area contributed by atoms with E-state index in [0.717, 1.165) is 4.90 Å². The highest BCUT2D eigenvalue weighted by atomic mass is 16.4. The van der Waals surface area contributed by atoms with Crippen LogP contribution in [0.5, 0.6) is 0 Å². The van der Waals surface area contributed by atoms with E-state index >= 15 is 0 Å². The first kappa shape index (κ1) is 14.4. The third kappa shape index (κ3) is 3.43. The Kier molecular flexibility index (Phi) is 4.28. The number of rotatable bonds is 6. The summed E-state index contributed by atoms with van der Waals surface area (Å²) in [4.78, 5) is 36.7. The zero-order valence-corrected chi connectivity index (χ0v) is 10.9. The second-order valence-corrected chi connectivity index (χ2v) is 4.96. The van der Waals surface area contributed by atoms with Crippen molar-refractivity contribution in [3.8, 4) is 0 Å². The molecular formula is C11H19N3O4. The van der Waals surface area contributed by atoms with Crippen molar-refractivity contribution in [2.24, 2.45) is 0 Å². The lowest BCUT2D eigenvalue weighted by Gasteiger charge is -2.20. The van der Waals surface area contributed by atoms with Gasteiger partial charge in [0.25, 0.3) is 5.91 Å². The fraction of sp³-hybridized carbons (Fsp3) is 0.727.